The van der Waals surface area contributed by atoms with Crippen molar-refractivity contribution in [2.45, 2.75) is 32.4 Å². The van der Waals surface area contributed by atoms with Crippen molar-refractivity contribution in [1.29, 1.82) is 0 Å². The fourth-order valence-electron chi connectivity index (χ4n) is 2.67. The average molecular weight is 316 g/mol. The number of piperidine rings is 1. The number of carbonyl (C=O) groups is 1. The number of aliphatic hydroxyl groups excluding tert-OH is 1. The quantitative estimate of drug-likeness (QED) is 0.890. The lowest BCUT2D eigenvalue weighted by Gasteiger charge is -2.30. The third-order valence-corrected chi connectivity index (χ3v) is 3.81. The Balaban J connectivity index is 1.65. The molecule has 2 N–H and O–H groups in total. The number of hydrogen-bond donors (Lipinski definition) is 2. The molecule has 1 amide bonds. The summed E-state index contributed by atoms with van der Waals surface area (Å²) >= 11 is 0. The van der Waals surface area contributed by atoms with Crippen LogP contribution in [0, 0.1) is 6.92 Å². The van der Waals surface area contributed by atoms with E-state index in [0.29, 0.717) is 36.9 Å². The Kier molecular flexibility index (Phi) is 4.57. The number of aliphatic hydroxyl groups is 1. The molecule has 2 heterocycles. The maximum atomic E-state index is 12.5. The smallest absolute Gasteiger partial charge is 0.254 e. The Morgan fingerprint density at radius 3 is 3.13 bits per heavy atom. The second kappa shape index (κ2) is 6.78. The number of carbonyl (C=O) groups excluding carboxylic acids is 1. The SMILES string of the molecule is Cc1noc(CNc2cccc(C(=O)N3CCC[C@@H](O)C3)c2)n1. The molecular weight excluding hydrogens is 296 g/mol. The number of hydrogen-bond acceptors (Lipinski definition) is 6. The fraction of sp³-hybridized carbons (Fsp3) is 0.438. The molecule has 2 aromatic rings. The third kappa shape index (κ3) is 3.87. The second-order valence-corrected chi connectivity index (χ2v) is 5.72. The van der Waals surface area contributed by atoms with Crippen LogP contribution in [-0.2, 0) is 6.54 Å². The lowest BCUT2D eigenvalue weighted by Crippen LogP contribution is -2.42. The van der Waals surface area contributed by atoms with Crippen LogP contribution < -0.4 is 5.32 Å². The molecule has 0 unspecified atom stereocenters. The van der Waals surface area contributed by atoms with Gasteiger partial charge in [-0.25, -0.2) is 0 Å². The largest absolute Gasteiger partial charge is 0.391 e. The average Bonchev–Trinajstić information content (AvgIpc) is 2.98. The van der Waals surface area contributed by atoms with Gasteiger partial charge in [-0.15, -0.1) is 0 Å². The summed E-state index contributed by atoms with van der Waals surface area (Å²) in [5.74, 6) is 1.04. The highest BCUT2D eigenvalue weighted by Gasteiger charge is 2.23. The van der Waals surface area contributed by atoms with Crippen LogP contribution in [0.15, 0.2) is 28.8 Å². The molecule has 1 aromatic carbocycles. The van der Waals surface area contributed by atoms with Crippen LogP contribution in [0.5, 0.6) is 0 Å². The monoisotopic (exact) mass is 316 g/mol. The molecule has 7 heteroatoms. The van der Waals surface area contributed by atoms with Crippen molar-refractivity contribution in [3.63, 3.8) is 0 Å². The van der Waals surface area contributed by atoms with Crippen molar-refractivity contribution >= 4 is 11.6 Å². The summed E-state index contributed by atoms with van der Waals surface area (Å²) < 4.78 is 5.04. The van der Waals surface area contributed by atoms with Crippen molar-refractivity contribution < 1.29 is 14.4 Å². The number of amides is 1. The summed E-state index contributed by atoms with van der Waals surface area (Å²) in [6.07, 6.45) is 1.17. The van der Waals surface area contributed by atoms with E-state index in [1.165, 1.54) is 0 Å². The number of anilines is 1. The zero-order valence-corrected chi connectivity index (χ0v) is 13.0. The molecule has 0 radical (unpaired) electrons. The maximum absolute atomic E-state index is 12.5. The molecule has 1 fully saturated rings. The van der Waals surface area contributed by atoms with E-state index in [2.05, 4.69) is 15.5 Å². The van der Waals surface area contributed by atoms with Crippen molar-refractivity contribution in [3.8, 4) is 0 Å². The topological polar surface area (TPSA) is 91.5 Å². The summed E-state index contributed by atoms with van der Waals surface area (Å²) in [5.41, 5.74) is 1.41. The summed E-state index contributed by atoms with van der Waals surface area (Å²) in [7, 11) is 0. The van der Waals surface area contributed by atoms with Crippen molar-refractivity contribution in [2.24, 2.45) is 0 Å². The molecule has 1 aromatic heterocycles. The van der Waals surface area contributed by atoms with E-state index in [1.807, 2.05) is 12.1 Å². The minimum Gasteiger partial charge on any atom is -0.391 e. The molecule has 122 valence electrons. The van der Waals surface area contributed by atoms with Gasteiger partial charge in [0, 0.05) is 24.3 Å². The van der Waals surface area contributed by atoms with Crippen LogP contribution in [0.4, 0.5) is 5.69 Å². The first-order valence-corrected chi connectivity index (χ1v) is 7.72. The molecule has 1 saturated heterocycles. The van der Waals surface area contributed by atoms with Crippen LogP contribution in [0.25, 0.3) is 0 Å². The molecule has 0 aliphatic carbocycles. The predicted octanol–water partition coefficient (Wildman–Crippen LogP) is 1.59. The van der Waals surface area contributed by atoms with E-state index in [0.717, 1.165) is 18.5 Å². The summed E-state index contributed by atoms with van der Waals surface area (Å²) in [6.45, 7) is 3.26. The lowest BCUT2D eigenvalue weighted by molar-refractivity contribution is 0.0474. The summed E-state index contributed by atoms with van der Waals surface area (Å²) in [5, 5.41) is 16.6. The first-order chi connectivity index (χ1) is 11.1. The van der Waals surface area contributed by atoms with E-state index in [4.69, 9.17) is 4.52 Å². The van der Waals surface area contributed by atoms with Crippen LogP contribution in [0.3, 0.4) is 0 Å². The Labute approximate surface area is 134 Å². The van der Waals surface area contributed by atoms with Gasteiger partial charge in [0.2, 0.25) is 5.89 Å². The first kappa shape index (κ1) is 15.5. The van der Waals surface area contributed by atoms with Gasteiger partial charge in [0.1, 0.15) is 0 Å². The number of rotatable bonds is 4. The maximum Gasteiger partial charge on any atom is 0.254 e. The van der Waals surface area contributed by atoms with Gasteiger partial charge >= 0.3 is 0 Å². The second-order valence-electron chi connectivity index (χ2n) is 5.72. The minimum absolute atomic E-state index is 0.0546. The van der Waals surface area contributed by atoms with Crippen LogP contribution in [0.2, 0.25) is 0 Å². The zero-order valence-electron chi connectivity index (χ0n) is 13.0. The molecule has 7 nitrogen and oxygen atoms in total. The van der Waals surface area contributed by atoms with Gasteiger partial charge in [-0.05, 0) is 38.0 Å². The lowest BCUT2D eigenvalue weighted by atomic mass is 10.1. The molecule has 23 heavy (non-hydrogen) atoms. The minimum atomic E-state index is -0.422. The molecule has 1 aliphatic rings. The van der Waals surface area contributed by atoms with Crippen molar-refractivity contribution in [1.82, 2.24) is 15.0 Å². The number of benzene rings is 1. The number of aromatic nitrogens is 2. The van der Waals surface area contributed by atoms with Gasteiger partial charge < -0.3 is 19.8 Å². The summed E-state index contributed by atoms with van der Waals surface area (Å²) in [6, 6.07) is 7.29. The van der Waals surface area contributed by atoms with Gasteiger partial charge in [0.25, 0.3) is 5.91 Å². The Morgan fingerprint density at radius 1 is 1.52 bits per heavy atom. The van der Waals surface area contributed by atoms with Crippen molar-refractivity contribution in [3.05, 3.63) is 41.5 Å². The van der Waals surface area contributed by atoms with Crippen LogP contribution >= 0.6 is 0 Å². The van der Waals surface area contributed by atoms with Gasteiger partial charge in [0.05, 0.1) is 12.6 Å². The molecule has 1 atom stereocenters. The Morgan fingerprint density at radius 2 is 2.39 bits per heavy atom. The van der Waals surface area contributed by atoms with Crippen LogP contribution in [0.1, 0.15) is 34.9 Å². The molecule has 0 saturated carbocycles. The number of β-amino-alcohol motifs (C(OH)–C–C–N with tert-alkyl or cyclic N) is 1. The standard InChI is InChI=1S/C16H20N4O3/c1-11-18-15(23-19-11)9-17-13-5-2-4-12(8-13)16(22)20-7-3-6-14(21)10-20/h2,4-5,8,14,17,21H,3,6-7,9-10H2,1H3/t14-/m1/s1. The fourth-order valence-corrected chi connectivity index (χ4v) is 2.67. The molecular formula is C16H20N4O3. The van der Waals surface area contributed by atoms with Crippen molar-refractivity contribution in [2.75, 3.05) is 18.4 Å². The number of likely N-dealkylation sites (tertiary alicyclic amines) is 1. The zero-order chi connectivity index (χ0) is 16.2. The molecule has 0 spiro atoms. The number of nitrogens with zero attached hydrogens (tertiary/aromatic N) is 3. The Hall–Kier alpha value is -2.41. The van der Waals surface area contributed by atoms with E-state index in [9.17, 15) is 9.90 Å². The van der Waals surface area contributed by atoms with Gasteiger partial charge in [-0.2, -0.15) is 4.98 Å². The Bertz CT molecular complexity index is 685. The van der Waals surface area contributed by atoms with E-state index < -0.39 is 6.10 Å². The highest BCUT2D eigenvalue weighted by Crippen LogP contribution is 2.17. The molecule has 0 bridgehead atoms. The van der Waals surface area contributed by atoms with E-state index in [1.54, 1.807) is 24.0 Å². The van der Waals surface area contributed by atoms with E-state index >= 15 is 0 Å². The normalized spacial score (nSPS) is 18.0. The van der Waals surface area contributed by atoms with E-state index in [-0.39, 0.29) is 5.91 Å². The van der Waals surface area contributed by atoms with Gasteiger partial charge in [-0.3, -0.25) is 4.79 Å². The van der Waals surface area contributed by atoms with Gasteiger partial charge in [-0.1, -0.05) is 11.2 Å². The van der Waals surface area contributed by atoms with Gasteiger partial charge in [0.15, 0.2) is 5.82 Å². The number of nitrogens with one attached hydrogen (secondary N) is 1. The predicted molar refractivity (Wildman–Crippen MR) is 83.9 cm³/mol. The highest BCUT2D eigenvalue weighted by molar-refractivity contribution is 5.95. The highest BCUT2D eigenvalue weighted by atomic mass is 16.5. The molecule has 1 aliphatic heterocycles. The number of aryl methyl sites for hydroxylation is 1. The molecule has 3 rings (SSSR count). The third-order valence-electron chi connectivity index (χ3n) is 3.81. The first-order valence-electron chi connectivity index (χ1n) is 7.72. The summed E-state index contributed by atoms with van der Waals surface area (Å²) in [4.78, 5) is 18.3. The van der Waals surface area contributed by atoms with Crippen LogP contribution in [-0.4, -0.2) is 45.2 Å².